The van der Waals surface area contributed by atoms with Crippen LogP contribution in [-0.2, 0) is 0 Å². The largest absolute Gasteiger partial charge is 0.345 e. The number of halogens is 2. The van der Waals surface area contributed by atoms with E-state index in [4.69, 9.17) is 11.6 Å². The van der Waals surface area contributed by atoms with Gasteiger partial charge in [-0.1, -0.05) is 53.0 Å². The van der Waals surface area contributed by atoms with Crippen molar-refractivity contribution in [1.82, 2.24) is 15.1 Å². The molecule has 1 atom stereocenters. The van der Waals surface area contributed by atoms with E-state index in [9.17, 15) is 4.79 Å². The molecule has 2 aromatic carbocycles. The van der Waals surface area contributed by atoms with Crippen LogP contribution >= 0.6 is 27.5 Å². The first-order chi connectivity index (χ1) is 13.0. The fourth-order valence-electron chi connectivity index (χ4n) is 3.05. The predicted molar refractivity (Wildman–Crippen MR) is 113 cm³/mol. The van der Waals surface area contributed by atoms with Gasteiger partial charge in [0.2, 0.25) is 0 Å². The van der Waals surface area contributed by atoms with Crippen molar-refractivity contribution in [2.75, 3.05) is 0 Å². The van der Waals surface area contributed by atoms with Crippen LogP contribution in [0.3, 0.4) is 0 Å². The molecule has 1 amide bonds. The van der Waals surface area contributed by atoms with Gasteiger partial charge < -0.3 is 5.32 Å². The SMILES string of the molecule is CCC[C@H](NC(=O)c1cnn(-c2ccc(Cl)cc2)c1C)c1cccc(Br)c1. The molecule has 6 heteroatoms. The normalized spacial score (nSPS) is 12.0. The van der Waals surface area contributed by atoms with Crippen molar-refractivity contribution < 1.29 is 4.79 Å². The van der Waals surface area contributed by atoms with Crippen LogP contribution in [0.15, 0.2) is 59.2 Å². The van der Waals surface area contributed by atoms with Crippen molar-refractivity contribution in [3.8, 4) is 5.69 Å². The minimum absolute atomic E-state index is 0.0433. The number of hydrogen-bond acceptors (Lipinski definition) is 2. The zero-order valence-corrected chi connectivity index (χ0v) is 17.6. The van der Waals surface area contributed by atoms with Gasteiger partial charge in [-0.15, -0.1) is 0 Å². The Morgan fingerprint density at radius 1 is 1.26 bits per heavy atom. The molecule has 0 aliphatic heterocycles. The van der Waals surface area contributed by atoms with E-state index in [1.807, 2.05) is 55.5 Å². The summed E-state index contributed by atoms with van der Waals surface area (Å²) in [5.41, 5.74) is 3.32. The Morgan fingerprint density at radius 3 is 2.67 bits per heavy atom. The van der Waals surface area contributed by atoms with E-state index in [2.05, 4.69) is 33.3 Å². The lowest BCUT2D eigenvalue weighted by Crippen LogP contribution is -2.28. The minimum atomic E-state index is -0.119. The zero-order chi connectivity index (χ0) is 19.4. The van der Waals surface area contributed by atoms with Crippen molar-refractivity contribution >= 4 is 33.4 Å². The molecule has 140 valence electrons. The number of benzene rings is 2. The van der Waals surface area contributed by atoms with E-state index in [0.29, 0.717) is 10.6 Å². The Kier molecular flexibility index (Phi) is 6.34. The summed E-state index contributed by atoms with van der Waals surface area (Å²) in [7, 11) is 0. The van der Waals surface area contributed by atoms with E-state index < -0.39 is 0 Å². The van der Waals surface area contributed by atoms with Gasteiger partial charge in [-0.2, -0.15) is 5.10 Å². The molecule has 3 aromatic rings. The summed E-state index contributed by atoms with van der Waals surface area (Å²) in [5, 5.41) is 8.21. The lowest BCUT2D eigenvalue weighted by molar-refractivity contribution is 0.0934. The second-order valence-electron chi connectivity index (χ2n) is 6.40. The van der Waals surface area contributed by atoms with Crippen LogP contribution in [0.1, 0.15) is 47.4 Å². The summed E-state index contributed by atoms with van der Waals surface area (Å²) in [4.78, 5) is 12.9. The zero-order valence-electron chi connectivity index (χ0n) is 15.2. The molecule has 0 spiro atoms. The molecule has 4 nitrogen and oxygen atoms in total. The first-order valence-corrected chi connectivity index (χ1v) is 10.0. The van der Waals surface area contributed by atoms with Gasteiger partial charge in [-0.25, -0.2) is 4.68 Å². The Bertz CT molecular complexity index is 937. The second kappa shape index (κ2) is 8.72. The van der Waals surface area contributed by atoms with Gasteiger partial charge >= 0.3 is 0 Å². The van der Waals surface area contributed by atoms with Crippen molar-refractivity contribution in [1.29, 1.82) is 0 Å². The summed E-state index contributed by atoms with van der Waals surface area (Å²) in [6.45, 7) is 4.01. The van der Waals surface area contributed by atoms with Crippen LogP contribution < -0.4 is 5.32 Å². The number of hydrogen-bond donors (Lipinski definition) is 1. The molecule has 0 aliphatic rings. The topological polar surface area (TPSA) is 46.9 Å². The lowest BCUT2D eigenvalue weighted by Gasteiger charge is -2.19. The summed E-state index contributed by atoms with van der Waals surface area (Å²) < 4.78 is 2.75. The average Bonchev–Trinajstić information content (AvgIpc) is 3.03. The fourth-order valence-corrected chi connectivity index (χ4v) is 3.59. The molecular formula is C21H21BrClN3O. The molecule has 27 heavy (non-hydrogen) atoms. The summed E-state index contributed by atoms with van der Waals surface area (Å²) in [6, 6.07) is 15.4. The smallest absolute Gasteiger partial charge is 0.255 e. The Labute approximate surface area is 172 Å². The van der Waals surface area contributed by atoms with Crippen LogP contribution in [0, 0.1) is 6.92 Å². The van der Waals surface area contributed by atoms with Gasteiger partial charge in [-0.05, 0) is 55.3 Å². The highest BCUT2D eigenvalue weighted by molar-refractivity contribution is 9.10. The molecule has 3 rings (SSSR count). The maximum atomic E-state index is 12.9. The first-order valence-electron chi connectivity index (χ1n) is 8.86. The molecule has 0 aliphatic carbocycles. The van der Waals surface area contributed by atoms with Crippen LogP contribution in [-0.4, -0.2) is 15.7 Å². The Morgan fingerprint density at radius 2 is 2.00 bits per heavy atom. The monoisotopic (exact) mass is 445 g/mol. The van der Waals surface area contributed by atoms with Crippen molar-refractivity contribution in [3.63, 3.8) is 0 Å². The molecule has 0 saturated carbocycles. The van der Waals surface area contributed by atoms with Gasteiger partial charge in [0.25, 0.3) is 5.91 Å². The fraction of sp³-hybridized carbons (Fsp3) is 0.238. The molecule has 1 aromatic heterocycles. The molecule has 0 saturated heterocycles. The highest BCUT2D eigenvalue weighted by atomic mass is 79.9. The average molecular weight is 447 g/mol. The molecule has 0 radical (unpaired) electrons. The summed E-state index contributed by atoms with van der Waals surface area (Å²) in [6.07, 6.45) is 3.45. The van der Waals surface area contributed by atoms with Crippen molar-refractivity contribution in [2.24, 2.45) is 0 Å². The number of nitrogens with zero attached hydrogens (tertiary/aromatic N) is 2. The third kappa shape index (κ3) is 4.60. The molecule has 1 heterocycles. The van der Waals surface area contributed by atoms with E-state index in [1.54, 1.807) is 10.9 Å². The Hall–Kier alpha value is -2.11. The molecular weight excluding hydrogens is 426 g/mol. The van der Waals surface area contributed by atoms with Gasteiger partial charge in [0.1, 0.15) is 0 Å². The number of carbonyl (C=O) groups is 1. The molecule has 0 unspecified atom stereocenters. The van der Waals surface area contributed by atoms with Crippen LogP contribution in [0.2, 0.25) is 5.02 Å². The molecule has 0 fully saturated rings. The van der Waals surface area contributed by atoms with Crippen LogP contribution in [0.4, 0.5) is 0 Å². The van der Waals surface area contributed by atoms with Crippen LogP contribution in [0.5, 0.6) is 0 Å². The number of amides is 1. The van der Waals surface area contributed by atoms with Gasteiger partial charge in [-0.3, -0.25) is 4.79 Å². The van der Waals surface area contributed by atoms with E-state index >= 15 is 0 Å². The summed E-state index contributed by atoms with van der Waals surface area (Å²) >= 11 is 9.46. The third-order valence-electron chi connectivity index (χ3n) is 4.46. The molecule has 1 N–H and O–H groups in total. The van der Waals surface area contributed by atoms with Gasteiger partial charge in [0, 0.05) is 9.50 Å². The number of aromatic nitrogens is 2. The number of rotatable bonds is 6. The molecule has 0 bridgehead atoms. The predicted octanol–water partition coefficient (Wildman–Crippen LogP) is 5.87. The quantitative estimate of drug-likeness (QED) is 0.515. The van der Waals surface area contributed by atoms with Crippen LogP contribution in [0.25, 0.3) is 5.69 Å². The number of nitrogens with one attached hydrogen (secondary N) is 1. The Balaban J connectivity index is 1.83. The highest BCUT2D eigenvalue weighted by Gasteiger charge is 2.19. The van der Waals surface area contributed by atoms with Crippen molar-refractivity contribution in [3.05, 3.63) is 81.0 Å². The maximum Gasteiger partial charge on any atom is 0.255 e. The standard InChI is InChI=1S/C21H21BrClN3O/c1-3-5-20(15-6-4-7-16(22)12-15)25-21(27)19-13-24-26(14(19)2)18-10-8-17(23)9-11-18/h4,6-13,20H,3,5H2,1-2H3,(H,25,27)/t20-/m0/s1. The van der Waals surface area contributed by atoms with E-state index in [0.717, 1.165) is 34.3 Å². The van der Waals surface area contributed by atoms with E-state index in [-0.39, 0.29) is 11.9 Å². The highest BCUT2D eigenvalue weighted by Crippen LogP contribution is 2.23. The second-order valence-corrected chi connectivity index (χ2v) is 7.75. The van der Waals surface area contributed by atoms with Gasteiger partial charge in [0.15, 0.2) is 0 Å². The van der Waals surface area contributed by atoms with Crippen molar-refractivity contribution in [2.45, 2.75) is 32.7 Å². The lowest BCUT2D eigenvalue weighted by atomic mass is 10.0. The number of carbonyl (C=O) groups excluding carboxylic acids is 1. The summed E-state index contributed by atoms with van der Waals surface area (Å²) in [5.74, 6) is -0.119. The van der Waals surface area contributed by atoms with Gasteiger partial charge in [0.05, 0.1) is 29.2 Å². The maximum absolute atomic E-state index is 12.9. The third-order valence-corrected chi connectivity index (χ3v) is 5.20. The van der Waals surface area contributed by atoms with E-state index in [1.165, 1.54) is 0 Å². The minimum Gasteiger partial charge on any atom is -0.345 e. The first kappa shape index (κ1) is 19.6.